The monoisotopic (exact) mass is 246 g/mol. The molecular formula is C18H30. The van der Waals surface area contributed by atoms with E-state index in [9.17, 15) is 0 Å². The third kappa shape index (κ3) is 1.28. The van der Waals surface area contributed by atoms with E-state index < -0.39 is 0 Å². The molecule has 0 heteroatoms. The molecule has 5 aliphatic carbocycles. The van der Waals surface area contributed by atoms with E-state index in [1.54, 1.807) is 38.5 Å². The van der Waals surface area contributed by atoms with Crippen LogP contribution in [0.15, 0.2) is 0 Å². The van der Waals surface area contributed by atoms with Gasteiger partial charge >= 0.3 is 0 Å². The van der Waals surface area contributed by atoms with Crippen LogP contribution in [0.1, 0.15) is 84.5 Å². The van der Waals surface area contributed by atoms with Crippen molar-refractivity contribution in [2.45, 2.75) is 84.5 Å². The predicted octanol–water partition coefficient (Wildman–Crippen LogP) is 5.56. The second kappa shape index (κ2) is 3.55. The quantitative estimate of drug-likeness (QED) is 0.538. The molecule has 0 amide bonds. The molecule has 4 bridgehead atoms. The van der Waals surface area contributed by atoms with Gasteiger partial charge in [-0.15, -0.1) is 0 Å². The topological polar surface area (TPSA) is 0 Å². The standard InChI is InChI=1S/C18H30/c1-3-4-5-6-7-8-16(2)14-9-17-11-15(16)12-18(17,10-14)13-17/h14-15H,3-13H2,1-2H3. The summed E-state index contributed by atoms with van der Waals surface area (Å²) in [5, 5.41) is 0. The van der Waals surface area contributed by atoms with Gasteiger partial charge in [-0.2, -0.15) is 0 Å². The Morgan fingerprint density at radius 3 is 1.94 bits per heavy atom. The summed E-state index contributed by atoms with van der Waals surface area (Å²) in [6.45, 7) is 4.99. The number of rotatable bonds is 6. The van der Waals surface area contributed by atoms with Crippen molar-refractivity contribution in [1.82, 2.24) is 0 Å². The minimum atomic E-state index is 0.760. The van der Waals surface area contributed by atoms with Gasteiger partial charge in [0.25, 0.3) is 0 Å². The first-order chi connectivity index (χ1) is 8.64. The van der Waals surface area contributed by atoms with Gasteiger partial charge < -0.3 is 0 Å². The zero-order valence-electron chi connectivity index (χ0n) is 12.4. The highest BCUT2D eigenvalue weighted by Crippen LogP contribution is 2.90. The molecule has 0 saturated heterocycles. The van der Waals surface area contributed by atoms with Crippen molar-refractivity contribution >= 4 is 0 Å². The Morgan fingerprint density at radius 1 is 0.833 bits per heavy atom. The first-order valence-electron chi connectivity index (χ1n) is 8.64. The van der Waals surface area contributed by atoms with Gasteiger partial charge in [0.2, 0.25) is 0 Å². The van der Waals surface area contributed by atoms with Gasteiger partial charge in [0, 0.05) is 0 Å². The number of unbranched alkanes of at least 4 members (excludes halogenated alkanes) is 4. The van der Waals surface area contributed by atoms with Crippen LogP contribution >= 0.6 is 0 Å². The molecule has 0 heterocycles. The summed E-state index contributed by atoms with van der Waals surface area (Å²) in [6, 6.07) is 0. The molecule has 0 aliphatic heterocycles. The lowest BCUT2D eigenvalue weighted by Crippen LogP contribution is -2.41. The van der Waals surface area contributed by atoms with Crippen LogP contribution in [-0.2, 0) is 0 Å². The maximum absolute atomic E-state index is 2.67. The summed E-state index contributed by atoms with van der Waals surface area (Å²) in [7, 11) is 0. The van der Waals surface area contributed by atoms with Crippen LogP contribution in [0.3, 0.4) is 0 Å². The van der Waals surface area contributed by atoms with E-state index in [4.69, 9.17) is 0 Å². The number of hydrogen-bond donors (Lipinski definition) is 0. The molecule has 0 aromatic heterocycles. The van der Waals surface area contributed by atoms with Crippen LogP contribution in [0.5, 0.6) is 0 Å². The van der Waals surface area contributed by atoms with E-state index in [1.807, 2.05) is 0 Å². The van der Waals surface area contributed by atoms with Gasteiger partial charge in [-0.3, -0.25) is 0 Å². The molecule has 0 atom stereocenters. The summed E-state index contributed by atoms with van der Waals surface area (Å²) in [5.74, 6) is 2.26. The van der Waals surface area contributed by atoms with Crippen LogP contribution in [0.4, 0.5) is 0 Å². The molecule has 5 fully saturated rings. The fraction of sp³-hybridized carbons (Fsp3) is 1.00. The normalized spacial score (nSPS) is 55.0. The fourth-order valence-electron chi connectivity index (χ4n) is 6.74. The maximum Gasteiger partial charge on any atom is -0.0229 e. The van der Waals surface area contributed by atoms with Crippen molar-refractivity contribution in [1.29, 1.82) is 0 Å². The second-order valence-electron chi connectivity index (χ2n) is 8.62. The lowest BCUT2D eigenvalue weighted by Gasteiger charge is -2.50. The van der Waals surface area contributed by atoms with Gasteiger partial charge in [0.15, 0.2) is 0 Å². The van der Waals surface area contributed by atoms with Crippen LogP contribution in [-0.4, -0.2) is 0 Å². The third-order valence-electron chi connectivity index (χ3n) is 7.91. The van der Waals surface area contributed by atoms with E-state index in [1.165, 1.54) is 32.1 Å². The highest BCUT2D eigenvalue weighted by molar-refractivity contribution is 5.30. The van der Waals surface area contributed by atoms with Crippen molar-refractivity contribution in [3.8, 4) is 0 Å². The van der Waals surface area contributed by atoms with Gasteiger partial charge in [-0.05, 0) is 66.6 Å². The molecule has 5 rings (SSSR count). The molecule has 0 N–H and O–H groups in total. The van der Waals surface area contributed by atoms with E-state index in [0.29, 0.717) is 0 Å². The molecule has 5 saturated carbocycles. The van der Waals surface area contributed by atoms with Gasteiger partial charge in [0.05, 0.1) is 0 Å². The largest absolute Gasteiger partial charge is 0.0654 e. The Bertz CT molecular complexity index is 317. The Balaban J connectivity index is 1.37. The van der Waals surface area contributed by atoms with Gasteiger partial charge in [-0.25, -0.2) is 0 Å². The summed E-state index contributed by atoms with van der Waals surface area (Å²) in [5.41, 5.74) is 2.60. The van der Waals surface area contributed by atoms with Gasteiger partial charge in [0.1, 0.15) is 0 Å². The van der Waals surface area contributed by atoms with Crippen LogP contribution in [0.25, 0.3) is 0 Å². The Hall–Kier alpha value is 0. The summed E-state index contributed by atoms with van der Waals surface area (Å²) < 4.78 is 0. The molecule has 0 unspecified atom stereocenters. The van der Waals surface area contributed by atoms with Crippen LogP contribution < -0.4 is 0 Å². The zero-order chi connectivity index (χ0) is 12.4. The fourth-order valence-corrected chi connectivity index (χ4v) is 6.74. The smallest absolute Gasteiger partial charge is 0.0229 e. The van der Waals surface area contributed by atoms with E-state index >= 15 is 0 Å². The van der Waals surface area contributed by atoms with Crippen molar-refractivity contribution < 1.29 is 0 Å². The second-order valence-corrected chi connectivity index (χ2v) is 8.62. The molecule has 0 radical (unpaired) electrons. The summed E-state index contributed by atoms with van der Waals surface area (Å²) >= 11 is 0. The molecule has 2 spiro atoms. The third-order valence-corrected chi connectivity index (χ3v) is 7.91. The minimum absolute atomic E-state index is 0.760. The molecule has 0 aromatic carbocycles. The van der Waals surface area contributed by atoms with Crippen LogP contribution in [0, 0.1) is 28.1 Å². The molecule has 0 aromatic rings. The lowest BCUT2D eigenvalue weighted by atomic mass is 9.55. The van der Waals surface area contributed by atoms with Crippen molar-refractivity contribution in [2.75, 3.05) is 0 Å². The van der Waals surface area contributed by atoms with E-state index in [2.05, 4.69) is 13.8 Å². The Morgan fingerprint density at radius 2 is 1.39 bits per heavy atom. The average molecular weight is 246 g/mol. The van der Waals surface area contributed by atoms with Crippen molar-refractivity contribution in [2.24, 2.45) is 28.1 Å². The SMILES string of the molecule is CCCCCCCC1(C)C2CC34CC1CC3(C2)C4. The van der Waals surface area contributed by atoms with E-state index in [-0.39, 0.29) is 0 Å². The Kier molecular flexibility index (Phi) is 2.33. The molecule has 18 heavy (non-hydrogen) atoms. The number of hydrogen-bond acceptors (Lipinski definition) is 0. The predicted molar refractivity (Wildman–Crippen MR) is 76.4 cm³/mol. The molecule has 5 aliphatic rings. The van der Waals surface area contributed by atoms with Crippen molar-refractivity contribution in [3.05, 3.63) is 0 Å². The molecule has 102 valence electrons. The first kappa shape index (κ1) is 11.8. The molecular weight excluding hydrogens is 216 g/mol. The van der Waals surface area contributed by atoms with E-state index in [0.717, 1.165) is 28.1 Å². The Labute approximate surface area is 113 Å². The lowest BCUT2D eigenvalue weighted by molar-refractivity contribution is -0.00402. The molecule has 0 nitrogen and oxygen atoms in total. The summed E-state index contributed by atoms with van der Waals surface area (Å²) in [4.78, 5) is 0. The highest BCUT2D eigenvalue weighted by Gasteiger charge is 2.81. The van der Waals surface area contributed by atoms with Crippen molar-refractivity contribution in [3.63, 3.8) is 0 Å². The average Bonchev–Trinajstić information content (AvgIpc) is 2.68. The maximum atomic E-state index is 2.67. The first-order valence-corrected chi connectivity index (χ1v) is 8.64. The van der Waals surface area contributed by atoms with Gasteiger partial charge in [-0.1, -0.05) is 46.0 Å². The highest BCUT2D eigenvalue weighted by atomic mass is 14.9. The zero-order valence-corrected chi connectivity index (χ0v) is 12.4. The van der Waals surface area contributed by atoms with Crippen LogP contribution in [0.2, 0.25) is 0 Å². The minimum Gasteiger partial charge on any atom is -0.0654 e. The summed E-state index contributed by atoms with van der Waals surface area (Å²) in [6.07, 6.45) is 17.1.